The van der Waals surface area contributed by atoms with Crippen LogP contribution in [0.5, 0.6) is 5.75 Å². The highest BCUT2D eigenvalue weighted by atomic mass is 32.1. The van der Waals surface area contributed by atoms with E-state index in [1.807, 2.05) is 60.7 Å². The molecule has 3 N–H and O–H groups in total. The zero-order valence-corrected chi connectivity index (χ0v) is 34.9. The van der Waals surface area contributed by atoms with E-state index in [2.05, 4.69) is 15.6 Å². The van der Waals surface area contributed by atoms with Gasteiger partial charge in [-0.05, 0) is 58.7 Å². The van der Waals surface area contributed by atoms with Gasteiger partial charge in [0.25, 0.3) is 17.7 Å². The SMILES string of the molecule is O=C(NCCOCCOCCOCCOCCOCc1ccccccccc1)c1ccc(-c2ccc3c(c2)C(=O)N(C(C(=O)Nc2nccs2)c2cc(F)ccc2O)C3)cc1. The number of hydrogen-bond donors (Lipinski definition) is 3. The lowest BCUT2D eigenvalue weighted by Gasteiger charge is -2.27. The highest BCUT2D eigenvalue weighted by Crippen LogP contribution is 2.38. The smallest absolute Gasteiger partial charge is 0.255 e. The molecule has 2 heterocycles. The van der Waals surface area contributed by atoms with E-state index in [1.165, 1.54) is 22.4 Å². The van der Waals surface area contributed by atoms with Crippen LogP contribution in [-0.2, 0) is 41.6 Å². The van der Waals surface area contributed by atoms with Gasteiger partial charge in [0, 0.05) is 41.4 Å². The summed E-state index contributed by atoms with van der Waals surface area (Å²) in [5, 5.41) is 18.1. The summed E-state index contributed by atoms with van der Waals surface area (Å²) in [6.45, 7) is 4.74. The fourth-order valence-electron chi connectivity index (χ4n) is 6.42. The number of benzene rings is 3. The van der Waals surface area contributed by atoms with Gasteiger partial charge in [-0.25, -0.2) is 9.37 Å². The van der Waals surface area contributed by atoms with Gasteiger partial charge in [-0.3, -0.25) is 19.7 Å². The molecule has 0 saturated heterocycles. The molecule has 1 aliphatic heterocycles. The van der Waals surface area contributed by atoms with Crippen LogP contribution >= 0.6 is 11.3 Å². The molecule has 13 nitrogen and oxygen atoms in total. The Hall–Kier alpha value is -6.07. The van der Waals surface area contributed by atoms with Crippen molar-refractivity contribution in [1.29, 1.82) is 0 Å². The number of rotatable bonds is 23. The number of fused-ring (bicyclic) bond motifs is 1. The lowest BCUT2D eigenvalue weighted by molar-refractivity contribution is -0.120. The first-order valence-corrected chi connectivity index (χ1v) is 21.0. The summed E-state index contributed by atoms with van der Waals surface area (Å²) in [4.78, 5) is 45.6. The van der Waals surface area contributed by atoms with Crippen LogP contribution in [0.25, 0.3) is 11.1 Å². The fourth-order valence-corrected chi connectivity index (χ4v) is 6.95. The van der Waals surface area contributed by atoms with Crippen LogP contribution < -0.4 is 10.6 Å². The first-order valence-electron chi connectivity index (χ1n) is 20.1. The number of thiazole rings is 1. The Bertz CT molecular complexity index is 2250. The van der Waals surface area contributed by atoms with E-state index in [-0.39, 0.29) is 23.8 Å². The number of aromatic hydroxyl groups is 1. The summed E-state index contributed by atoms with van der Waals surface area (Å²) < 4.78 is 42.3. The van der Waals surface area contributed by atoms with Crippen molar-refractivity contribution < 1.29 is 47.6 Å². The summed E-state index contributed by atoms with van der Waals surface area (Å²) in [5.41, 5.74) is 4.02. The Balaban J connectivity index is 0.845. The van der Waals surface area contributed by atoms with Crippen molar-refractivity contribution in [2.75, 3.05) is 71.3 Å². The van der Waals surface area contributed by atoms with E-state index in [4.69, 9.17) is 23.7 Å². The van der Waals surface area contributed by atoms with Crippen molar-refractivity contribution in [1.82, 2.24) is 15.2 Å². The lowest BCUT2D eigenvalue weighted by Crippen LogP contribution is -2.37. The fraction of sp³-hybridized carbons (Fsp3) is 0.277. The number of ether oxygens (including phenoxy) is 5. The van der Waals surface area contributed by atoms with Crippen LogP contribution in [0.4, 0.5) is 9.52 Å². The molecule has 324 valence electrons. The van der Waals surface area contributed by atoms with E-state index in [0.717, 1.165) is 34.9 Å². The molecule has 0 spiro atoms. The highest BCUT2D eigenvalue weighted by Gasteiger charge is 2.39. The molecule has 4 aromatic carbocycles. The van der Waals surface area contributed by atoms with E-state index in [1.54, 1.807) is 41.8 Å². The molecule has 0 fully saturated rings. The maximum Gasteiger partial charge on any atom is 0.255 e. The monoisotopic (exact) mass is 864 g/mol. The van der Waals surface area contributed by atoms with Crippen LogP contribution in [0, 0.1) is 5.82 Å². The van der Waals surface area contributed by atoms with E-state index >= 15 is 0 Å². The Morgan fingerprint density at radius 3 is 2.00 bits per heavy atom. The first kappa shape index (κ1) is 45.5. The van der Waals surface area contributed by atoms with E-state index in [0.29, 0.717) is 94.4 Å². The molecule has 1 aromatic heterocycles. The molecule has 0 radical (unpaired) electrons. The van der Waals surface area contributed by atoms with Crippen molar-refractivity contribution in [3.63, 3.8) is 0 Å². The number of carbonyl (C=O) groups excluding carboxylic acids is 3. The molecular formula is C47H49FN4O9S. The topological polar surface area (TPSA) is 158 Å². The van der Waals surface area contributed by atoms with Gasteiger partial charge in [-0.2, -0.15) is 0 Å². The van der Waals surface area contributed by atoms with Crippen LogP contribution in [0.3, 0.4) is 0 Å². The average Bonchev–Trinajstić information content (AvgIpc) is 3.92. The predicted octanol–water partition coefficient (Wildman–Crippen LogP) is 7.13. The number of hydrogen-bond acceptors (Lipinski definition) is 11. The molecule has 1 aliphatic rings. The van der Waals surface area contributed by atoms with Crippen LogP contribution in [-0.4, -0.2) is 98.7 Å². The third-order valence-electron chi connectivity index (χ3n) is 9.50. The zero-order chi connectivity index (χ0) is 43.4. The molecule has 6 rings (SSSR count). The van der Waals surface area contributed by atoms with Crippen LogP contribution in [0.1, 0.15) is 43.4 Å². The molecular weight excluding hydrogens is 816 g/mol. The minimum absolute atomic E-state index is 0.0452. The van der Waals surface area contributed by atoms with Crippen molar-refractivity contribution in [2.24, 2.45) is 0 Å². The third kappa shape index (κ3) is 13.7. The Labute approximate surface area is 363 Å². The molecule has 3 amide bonds. The van der Waals surface area contributed by atoms with Crippen LogP contribution in [0.2, 0.25) is 0 Å². The maximum atomic E-state index is 14.4. The Kier molecular flexibility index (Phi) is 17.9. The van der Waals surface area contributed by atoms with Gasteiger partial charge in [0.15, 0.2) is 5.13 Å². The quantitative estimate of drug-likeness (QED) is 0.0578. The first-order chi connectivity index (χ1) is 30.4. The number of phenols is 1. The highest BCUT2D eigenvalue weighted by molar-refractivity contribution is 7.13. The molecule has 0 aliphatic carbocycles. The van der Waals surface area contributed by atoms with Gasteiger partial charge in [-0.15, -0.1) is 11.3 Å². The van der Waals surface area contributed by atoms with Gasteiger partial charge in [-0.1, -0.05) is 78.9 Å². The van der Waals surface area contributed by atoms with Gasteiger partial charge in [0.1, 0.15) is 17.6 Å². The number of carbonyl (C=O) groups is 3. The summed E-state index contributed by atoms with van der Waals surface area (Å²) in [6, 6.07) is 32.2. The van der Waals surface area contributed by atoms with Crippen LogP contribution in [0.15, 0.2) is 127 Å². The van der Waals surface area contributed by atoms with Crippen molar-refractivity contribution >= 4 is 34.2 Å². The normalized spacial score (nSPS) is 12.4. The molecule has 1 atom stereocenters. The summed E-state index contributed by atoms with van der Waals surface area (Å²) in [7, 11) is 0. The number of aromatic nitrogens is 1. The molecule has 62 heavy (non-hydrogen) atoms. The third-order valence-corrected chi connectivity index (χ3v) is 10.2. The molecule has 0 saturated carbocycles. The average molecular weight is 865 g/mol. The minimum Gasteiger partial charge on any atom is -0.508 e. The summed E-state index contributed by atoms with van der Waals surface area (Å²) in [6.07, 6.45) is 1.52. The number of phenolic OH excluding ortho intramolecular Hbond substituents is 1. The number of amides is 3. The lowest BCUT2D eigenvalue weighted by atomic mass is 9.99. The summed E-state index contributed by atoms with van der Waals surface area (Å²) >= 11 is 1.19. The van der Waals surface area contributed by atoms with Gasteiger partial charge < -0.3 is 39.0 Å². The number of anilines is 1. The Morgan fingerprint density at radius 2 is 1.35 bits per heavy atom. The zero-order valence-electron chi connectivity index (χ0n) is 34.1. The minimum atomic E-state index is -1.33. The second-order valence-electron chi connectivity index (χ2n) is 13.8. The van der Waals surface area contributed by atoms with E-state index < -0.39 is 23.7 Å². The van der Waals surface area contributed by atoms with Gasteiger partial charge >= 0.3 is 0 Å². The van der Waals surface area contributed by atoms with Crippen molar-refractivity contribution in [2.45, 2.75) is 19.2 Å². The van der Waals surface area contributed by atoms with Gasteiger partial charge in [0.05, 0.1) is 66.1 Å². The molecule has 15 heteroatoms. The predicted molar refractivity (Wildman–Crippen MR) is 233 cm³/mol. The Morgan fingerprint density at radius 1 is 0.742 bits per heavy atom. The molecule has 1 unspecified atom stereocenters. The number of nitrogens with zero attached hydrogens (tertiary/aromatic N) is 2. The largest absolute Gasteiger partial charge is 0.508 e. The maximum absolute atomic E-state index is 14.4. The van der Waals surface area contributed by atoms with Gasteiger partial charge in [0.2, 0.25) is 0 Å². The van der Waals surface area contributed by atoms with Crippen molar-refractivity contribution in [3.05, 3.63) is 160 Å². The number of nitrogens with one attached hydrogen (secondary N) is 2. The van der Waals surface area contributed by atoms with E-state index in [9.17, 15) is 23.9 Å². The van der Waals surface area contributed by atoms with Crippen molar-refractivity contribution in [3.8, 4) is 16.9 Å². The molecule has 0 bridgehead atoms. The standard InChI is InChI=1S/C47H49FN4O9S/c48-39-16-17-42(53)41(31-39)43(45(55)51-47-50-19-29-62-47)52-32-38-15-14-37(30-40(38)46(52)56)35-10-12-36(13-11-35)44(54)49-18-20-57-21-22-58-23-24-59-25-26-60-27-28-61-33-34-8-6-4-2-1-3-5-7-9-34/h1-17,19,29-31,43,53H,18,20-28,32-33H2,(H,49,54)(H,50,51,55). The second kappa shape index (κ2) is 24.4. The summed E-state index contributed by atoms with van der Waals surface area (Å²) in [5.74, 6) is -2.33. The second-order valence-corrected chi connectivity index (χ2v) is 14.7. The molecule has 5 aromatic rings. The number of halogens is 1.